The first kappa shape index (κ1) is 23.5. The topological polar surface area (TPSA) is 114 Å². The summed E-state index contributed by atoms with van der Waals surface area (Å²) in [4.78, 5) is 29.0. The Kier molecular flexibility index (Phi) is 7.00. The Bertz CT molecular complexity index is 1230. The highest BCUT2D eigenvalue weighted by Crippen LogP contribution is 2.28. The molecule has 0 fully saturated rings. The monoisotopic (exact) mass is 463 g/mol. The number of halogens is 2. The number of fused-ring (bicyclic) bond motifs is 1. The highest BCUT2D eigenvalue weighted by molar-refractivity contribution is 6.31. The Hall–Kier alpha value is -3.17. The number of nitrogens with zero attached hydrogens (tertiary/aromatic N) is 2. The van der Waals surface area contributed by atoms with Gasteiger partial charge in [-0.3, -0.25) is 4.79 Å². The maximum atomic E-state index is 14.2. The van der Waals surface area contributed by atoms with Crippen LogP contribution in [0.5, 0.6) is 5.88 Å². The van der Waals surface area contributed by atoms with Crippen molar-refractivity contribution in [2.75, 3.05) is 19.0 Å². The van der Waals surface area contributed by atoms with Crippen LogP contribution < -0.4 is 15.5 Å². The molecule has 1 atom stereocenters. The van der Waals surface area contributed by atoms with Crippen LogP contribution in [0.25, 0.3) is 11.0 Å². The van der Waals surface area contributed by atoms with Crippen LogP contribution >= 0.6 is 11.6 Å². The summed E-state index contributed by atoms with van der Waals surface area (Å²) in [6.45, 7) is 3.48. The van der Waals surface area contributed by atoms with Crippen LogP contribution in [0.4, 0.5) is 10.1 Å². The van der Waals surface area contributed by atoms with Gasteiger partial charge in [-0.25, -0.2) is 9.18 Å². The molecule has 1 aromatic carbocycles. The molecule has 3 aromatic rings. The molecule has 2 heterocycles. The Morgan fingerprint density at radius 1 is 1.38 bits per heavy atom. The lowest BCUT2D eigenvalue weighted by Crippen LogP contribution is -2.26. The van der Waals surface area contributed by atoms with Gasteiger partial charge in [-0.05, 0) is 24.1 Å². The van der Waals surface area contributed by atoms with Crippen molar-refractivity contribution in [3.05, 3.63) is 62.7 Å². The summed E-state index contributed by atoms with van der Waals surface area (Å²) in [5.74, 6) is -1.92. The molecule has 0 unspecified atom stereocenters. The number of carboxylic acid groups (broad SMARTS) is 1. The highest BCUT2D eigenvalue weighted by Gasteiger charge is 2.23. The number of aromatic nitrogens is 2. The molecule has 0 saturated carbocycles. The molecule has 8 nitrogen and oxygen atoms in total. The minimum atomic E-state index is -1.39. The van der Waals surface area contributed by atoms with Crippen LogP contribution in [0, 0.1) is 11.7 Å². The molecule has 0 bridgehead atoms. The first-order chi connectivity index (χ1) is 15.2. The zero-order valence-electron chi connectivity index (χ0n) is 17.7. The van der Waals surface area contributed by atoms with Crippen molar-refractivity contribution in [1.82, 2.24) is 9.55 Å². The molecule has 0 aliphatic rings. The van der Waals surface area contributed by atoms with Crippen molar-refractivity contribution in [1.29, 1.82) is 0 Å². The highest BCUT2D eigenvalue weighted by atomic mass is 35.5. The molecule has 3 rings (SSSR count). The van der Waals surface area contributed by atoms with Crippen molar-refractivity contribution in [3.63, 3.8) is 0 Å². The lowest BCUT2D eigenvalue weighted by atomic mass is 10.0. The number of pyridine rings is 2. The fraction of sp³-hybridized carbons (Fsp3) is 0.318. The van der Waals surface area contributed by atoms with E-state index in [-0.39, 0.29) is 46.7 Å². The van der Waals surface area contributed by atoms with E-state index in [0.717, 1.165) is 0 Å². The standard InChI is InChI=1S/C22H23ClFN3O5/c1-11(2)17(10-28)27-9-14(22(30)31)19(29)13-7-12(21(32-3)26-20(13)27)8-25-16-6-4-5-15(23)18(16)24/h4-7,9,11,17,25,28H,8,10H2,1-3H3,(H,30,31)/t17-/m1/s1. The Balaban J connectivity index is 2.19. The summed E-state index contributed by atoms with van der Waals surface area (Å²) in [5, 5.41) is 22.3. The Labute approximate surface area is 188 Å². The van der Waals surface area contributed by atoms with Gasteiger partial charge in [-0.2, -0.15) is 4.98 Å². The lowest BCUT2D eigenvalue weighted by molar-refractivity contribution is 0.0694. The summed E-state index contributed by atoms with van der Waals surface area (Å²) in [6.07, 6.45) is 1.19. The normalized spacial score (nSPS) is 12.2. The second kappa shape index (κ2) is 9.54. The maximum absolute atomic E-state index is 14.2. The number of aromatic carboxylic acids is 1. The van der Waals surface area contributed by atoms with E-state index in [9.17, 15) is 24.2 Å². The number of methoxy groups -OCH3 is 1. The maximum Gasteiger partial charge on any atom is 0.341 e. The second-order valence-electron chi connectivity index (χ2n) is 7.56. The molecule has 0 aliphatic carbocycles. The van der Waals surface area contributed by atoms with Crippen LogP contribution in [-0.2, 0) is 6.54 Å². The number of rotatable bonds is 8. The second-order valence-corrected chi connectivity index (χ2v) is 7.97. The van der Waals surface area contributed by atoms with Gasteiger partial charge in [0.1, 0.15) is 11.2 Å². The zero-order valence-corrected chi connectivity index (χ0v) is 18.5. The van der Waals surface area contributed by atoms with Crippen LogP contribution in [-0.4, -0.2) is 39.5 Å². The van der Waals surface area contributed by atoms with Gasteiger partial charge in [0.15, 0.2) is 5.82 Å². The number of ether oxygens (including phenoxy) is 1. The van der Waals surface area contributed by atoms with Crippen molar-refractivity contribution in [3.8, 4) is 5.88 Å². The summed E-state index contributed by atoms with van der Waals surface area (Å²) < 4.78 is 21.1. The van der Waals surface area contributed by atoms with E-state index in [2.05, 4.69) is 10.3 Å². The van der Waals surface area contributed by atoms with Gasteiger partial charge in [0, 0.05) is 18.3 Å². The number of hydrogen-bond acceptors (Lipinski definition) is 6. The quantitative estimate of drug-likeness (QED) is 0.466. The molecule has 0 spiro atoms. The molecule has 170 valence electrons. The van der Waals surface area contributed by atoms with Crippen LogP contribution in [0.15, 0.2) is 35.3 Å². The van der Waals surface area contributed by atoms with Gasteiger partial charge in [-0.1, -0.05) is 31.5 Å². The molecule has 0 aliphatic heterocycles. The Morgan fingerprint density at radius 3 is 2.69 bits per heavy atom. The van der Waals surface area contributed by atoms with Gasteiger partial charge in [0.25, 0.3) is 0 Å². The molecule has 32 heavy (non-hydrogen) atoms. The van der Waals surface area contributed by atoms with Crippen molar-refractivity contribution < 1.29 is 24.1 Å². The lowest BCUT2D eigenvalue weighted by Gasteiger charge is -2.24. The number of carbonyl (C=O) groups is 1. The third-order valence-electron chi connectivity index (χ3n) is 5.20. The predicted octanol–water partition coefficient (Wildman–Crippen LogP) is 3.70. The number of aliphatic hydroxyl groups is 1. The average Bonchev–Trinajstić information content (AvgIpc) is 2.75. The van der Waals surface area contributed by atoms with Gasteiger partial charge in [0.2, 0.25) is 11.3 Å². The first-order valence-corrected chi connectivity index (χ1v) is 10.2. The van der Waals surface area contributed by atoms with E-state index < -0.39 is 28.8 Å². The molecular weight excluding hydrogens is 441 g/mol. The predicted molar refractivity (Wildman–Crippen MR) is 119 cm³/mol. The van der Waals surface area contributed by atoms with Gasteiger partial charge in [0.05, 0.1) is 35.9 Å². The van der Waals surface area contributed by atoms with Crippen molar-refractivity contribution in [2.24, 2.45) is 5.92 Å². The summed E-state index contributed by atoms with van der Waals surface area (Å²) in [6, 6.07) is 5.46. The van der Waals surface area contributed by atoms with E-state index in [1.807, 2.05) is 13.8 Å². The zero-order chi connectivity index (χ0) is 23.6. The van der Waals surface area contributed by atoms with Crippen molar-refractivity contribution >= 4 is 34.3 Å². The first-order valence-electron chi connectivity index (χ1n) is 9.84. The molecule has 3 N–H and O–H groups in total. The number of hydrogen-bond donors (Lipinski definition) is 3. The average molecular weight is 464 g/mol. The van der Waals surface area contributed by atoms with Gasteiger partial charge >= 0.3 is 5.97 Å². The molecule has 0 saturated heterocycles. The molecule has 2 aromatic heterocycles. The number of anilines is 1. The fourth-order valence-electron chi connectivity index (χ4n) is 3.46. The summed E-state index contributed by atoms with van der Waals surface area (Å²) in [7, 11) is 1.40. The van der Waals surface area contributed by atoms with Crippen LogP contribution in [0.1, 0.15) is 35.8 Å². The van der Waals surface area contributed by atoms with E-state index in [1.165, 1.54) is 36.1 Å². The van der Waals surface area contributed by atoms with Crippen LogP contribution in [0.2, 0.25) is 5.02 Å². The molecule has 10 heteroatoms. The third-order valence-corrected chi connectivity index (χ3v) is 5.49. The van der Waals surface area contributed by atoms with Crippen molar-refractivity contribution in [2.45, 2.75) is 26.4 Å². The molecule has 0 radical (unpaired) electrons. The Morgan fingerprint density at radius 2 is 2.09 bits per heavy atom. The summed E-state index contributed by atoms with van der Waals surface area (Å²) >= 11 is 5.81. The largest absolute Gasteiger partial charge is 0.481 e. The smallest absolute Gasteiger partial charge is 0.341 e. The fourth-order valence-corrected chi connectivity index (χ4v) is 3.63. The van der Waals surface area contributed by atoms with Gasteiger partial charge in [-0.15, -0.1) is 0 Å². The number of carboxylic acids is 1. The van der Waals surface area contributed by atoms with E-state index in [4.69, 9.17) is 16.3 Å². The number of aliphatic hydroxyl groups excluding tert-OH is 1. The van der Waals surface area contributed by atoms with E-state index in [1.54, 1.807) is 6.07 Å². The minimum Gasteiger partial charge on any atom is -0.481 e. The number of benzene rings is 1. The van der Waals surface area contributed by atoms with E-state index in [0.29, 0.717) is 5.56 Å². The summed E-state index contributed by atoms with van der Waals surface area (Å²) in [5.41, 5.74) is -0.410. The van der Waals surface area contributed by atoms with Crippen LogP contribution in [0.3, 0.4) is 0 Å². The number of nitrogens with one attached hydrogen (secondary N) is 1. The molecular formula is C22H23ClFN3O5. The SMILES string of the molecule is COc1nc2c(cc1CNc1cccc(Cl)c1F)c(=O)c(C(=O)O)cn2[C@H](CO)C(C)C. The van der Waals surface area contributed by atoms with E-state index >= 15 is 0 Å². The molecule has 0 amide bonds. The minimum absolute atomic E-state index is 0.0354. The van der Waals surface area contributed by atoms with Gasteiger partial charge < -0.3 is 24.8 Å². The third kappa shape index (κ3) is 4.39.